The lowest BCUT2D eigenvalue weighted by molar-refractivity contribution is -0.117. The minimum atomic E-state index is -4.17. The summed E-state index contributed by atoms with van der Waals surface area (Å²) in [6.07, 6.45) is 6.15. The summed E-state index contributed by atoms with van der Waals surface area (Å²) in [5.41, 5.74) is 7.82. The minimum Gasteiger partial charge on any atom is -0.453 e. The number of carbonyl (C=O) groups excluding carboxylic acids is 1. The maximum absolute atomic E-state index is 12.9. The first-order valence-corrected chi connectivity index (χ1v) is 16.9. The Morgan fingerprint density at radius 3 is 2.29 bits per heavy atom. The van der Waals surface area contributed by atoms with Gasteiger partial charge in [0.15, 0.2) is 11.5 Å². The molecular formula is C28H36N4O8S2. The number of carbonyl (C=O) groups is 1. The van der Waals surface area contributed by atoms with E-state index in [1.54, 1.807) is 18.2 Å². The molecule has 228 valence electrons. The molecule has 0 fully saturated rings. The van der Waals surface area contributed by atoms with E-state index in [0.29, 0.717) is 35.0 Å². The Kier molecular flexibility index (Phi) is 9.85. The molecule has 4 rings (SSSR count). The van der Waals surface area contributed by atoms with Gasteiger partial charge in [0.25, 0.3) is 20.2 Å². The van der Waals surface area contributed by atoms with Gasteiger partial charge in [-0.25, -0.2) is 4.99 Å². The topological polar surface area (TPSA) is 189 Å². The monoisotopic (exact) mass is 620 g/mol. The zero-order valence-corrected chi connectivity index (χ0v) is 25.1. The van der Waals surface area contributed by atoms with E-state index in [1.807, 2.05) is 49.1 Å². The molecule has 0 bridgehead atoms. The van der Waals surface area contributed by atoms with Gasteiger partial charge in [-0.15, -0.1) is 0 Å². The zero-order chi connectivity index (χ0) is 30.7. The van der Waals surface area contributed by atoms with E-state index in [4.69, 9.17) is 24.6 Å². The standard InChI is InChI=1S/C28H36N4O8S2/c1-18(2)15-22(29)28(33)31-24-17-26-27(21-8-4-3-7-20(21)24)30-23-10-9-19(16-25(23)40-26)32(11-5-13-41(34,35)36)12-6-14-42(37,38)39/h3-4,7-10,16-19,22H,5-6,11-15,29H2,1-2H3,(H,31,33)(H,34,35,36)(H,37,38,39)/t19?,22-/m0/s1. The second-order valence-corrected chi connectivity index (χ2v) is 14.0. The molecule has 2 aromatic carbocycles. The number of anilines is 1. The summed E-state index contributed by atoms with van der Waals surface area (Å²) in [7, 11) is -8.33. The van der Waals surface area contributed by atoms with E-state index in [0.717, 1.165) is 10.8 Å². The van der Waals surface area contributed by atoms with Crippen LogP contribution in [0.2, 0.25) is 0 Å². The van der Waals surface area contributed by atoms with Crippen molar-refractivity contribution in [3.8, 4) is 5.75 Å². The zero-order valence-electron chi connectivity index (χ0n) is 23.4. The second kappa shape index (κ2) is 13.0. The quantitative estimate of drug-likeness (QED) is 0.242. The summed E-state index contributed by atoms with van der Waals surface area (Å²) in [4.78, 5) is 19.5. The third-order valence-corrected chi connectivity index (χ3v) is 8.51. The highest BCUT2D eigenvalue weighted by Crippen LogP contribution is 2.44. The number of amides is 1. The van der Waals surface area contributed by atoms with Crippen molar-refractivity contribution in [1.82, 2.24) is 4.90 Å². The Morgan fingerprint density at radius 2 is 1.69 bits per heavy atom. The van der Waals surface area contributed by atoms with Crippen molar-refractivity contribution in [3.05, 3.63) is 54.3 Å². The Bertz CT molecular complexity index is 1610. The smallest absolute Gasteiger partial charge is 0.264 e. The van der Waals surface area contributed by atoms with Gasteiger partial charge in [-0.1, -0.05) is 44.2 Å². The van der Waals surface area contributed by atoms with Crippen LogP contribution in [0, 0.1) is 5.92 Å². The number of fused-ring (bicyclic) bond motifs is 4. The van der Waals surface area contributed by atoms with Crippen LogP contribution in [0.25, 0.3) is 10.8 Å². The SMILES string of the molecule is CC(C)C[C@H](N)C(=O)Nc1cc2c(c3ccccc13)N=C1C=CC(N(CCCS(=O)(=O)O)CCCS(=O)(=O)O)C=C1O2. The number of nitrogens with two attached hydrogens (primary N) is 1. The molecule has 2 atom stereocenters. The van der Waals surface area contributed by atoms with Crippen LogP contribution in [0.5, 0.6) is 5.75 Å². The Hall–Kier alpha value is -3.14. The van der Waals surface area contributed by atoms with Crippen LogP contribution in [-0.4, -0.2) is 79.1 Å². The highest BCUT2D eigenvalue weighted by atomic mass is 32.2. The van der Waals surface area contributed by atoms with Gasteiger partial charge in [0.05, 0.1) is 29.3 Å². The molecule has 0 aromatic heterocycles. The maximum Gasteiger partial charge on any atom is 0.264 e. The predicted octanol–water partition coefficient (Wildman–Crippen LogP) is 3.30. The van der Waals surface area contributed by atoms with E-state index >= 15 is 0 Å². The van der Waals surface area contributed by atoms with Crippen molar-refractivity contribution in [3.63, 3.8) is 0 Å². The lowest BCUT2D eigenvalue weighted by Gasteiger charge is -2.31. The summed E-state index contributed by atoms with van der Waals surface area (Å²) in [6.45, 7) is 4.44. The maximum atomic E-state index is 12.9. The van der Waals surface area contributed by atoms with E-state index in [9.17, 15) is 21.6 Å². The summed E-state index contributed by atoms with van der Waals surface area (Å²) in [6, 6.07) is 8.14. The minimum absolute atomic E-state index is 0.108. The molecule has 1 amide bonds. The van der Waals surface area contributed by atoms with Gasteiger partial charge < -0.3 is 15.8 Å². The van der Waals surface area contributed by atoms with Gasteiger partial charge in [-0.05, 0) is 37.3 Å². The molecule has 2 aromatic rings. The third-order valence-electron chi connectivity index (χ3n) is 6.90. The first kappa shape index (κ1) is 31.8. The molecule has 0 saturated heterocycles. The highest BCUT2D eigenvalue weighted by molar-refractivity contribution is 7.86. The molecule has 2 aliphatic rings. The number of aliphatic imine (C=N–C) groups is 1. The molecular weight excluding hydrogens is 584 g/mol. The summed E-state index contributed by atoms with van der Waals surface area (Å²) in [5, 5.41) is 4.50. The van der Waals surface area contributed by atoms with Crippen LogP contribution in [-0.2, 0) is 25.0 Å². The lowest BCUT2D eigenvalue weighted by atomic mass is 10.0. The van der Waals surface area contributed by atoms with E-state index in [2.05, 4.69) is 5.32 Å². The number of benzene rings is 2. The molecule has 12 nitrogen and oxygen atoms in total. The number of hydrogen-bond acceptors (Lipinski definition) is 9. The number of nitrogens with zero attached hydrogens (tertiary/aromatic N) is 2. The van der Waals surface area contributed by atoms with Crippen LogP contribution in [0.1, 0.15) is 33.1 Å². The number of hydrogen-bond donors (Lipinski definition) is 4. The van der Waals surface area contributed by atoms with Crippen LogP contribution in [0.4, 0.5) is 11.4 Å². The Morgan fingerprint density at radius 1 is 1.07 bits per heavy atom. The summed E-state index contributed by atoms with van der Waals surface area (Å²) >= 11 is 0. The van der Waals surface area contributed by atoms with Gasteiger partial charge in [0.2, 0.25) is 5.91 Å². The molecule has 1 aliphatic carbocycles. The molecule has 0 spiro atoms. The molecule has 1 unspecified atom stereocenters. The van der Waals surface area contributed by atoms with E-state index in [1.165, 1.54) is 0 Å². The lowest BCUT2D eigenvalue weighted by Crippen LogP contribution is -2.38. The Balaban J connectivity index is 1.62. The largest absolute Gasteiger partial charge is 0.453 e. The fourth-order valence-corrected chi connectivity index (χ4v) is 5.98. The third kappa shape index (κ3) is 8.46. The van der Waals surface area contributed by atoms with Gasteiger partial charge in [-0.3, -0.25) is 18.8 Å². The van der Waals surface area contributed by atoms with E-state index in [-0.39, 0.29) is 37.8 Å². The van der Waals surface area contributed by atoms with E-state index < -0.39 is 43.8 Å². The molecule has 0 radical (unpaired) electrons. The van der Waals surface area contributed by atoms with Crippen molar-refractivity contribution >= 4 is 54.0 Å². The van der Waals surface area contributed by atoms with Crippen LogP contribution < -0.4 is 15.8 Å². The summed E-state index contributed by atoms with van der Waals surface area (Å²) in [5.74, 6) is -0.0915. The first-order valence-electron chi connectivity index (χ1n) is 13.6. The van der Waals surface area contributed by atoms with Gasteiger partial charge >= 0.3 is 0 Å². The fourth-order valence-electron chi connectivity index (χ4n) is 4.99. The van der Waals surface area contributed by atoms with Crippen molar-refractivity contribution in [1.29, 1.82) is 0 Å². The molecule has 5 N–H and O–H groups in total. The second-order valence-electron chi connectivity index (χ2n) is 10.8. The van der Waals surface area contributed by atoms with Crippen LogP contribution >= 0.6 is 0 Å². The van der Waals surface area contributed by atoms with Crippen LogP contribution in [0.15, 0.2) is 59.3 Å². The molecule has 1 heterocycles. The number of ether oxygens (including phenoxy) is 1. The number of nitrogens with one attached hydrogen (secondary N) is 1. The van der Waals surface area contributed by atoms with Gasteiger partial charge in [0.1, 0.15) is 11.4 Å². The first-order chi connectivity index (χ1) is 19.7. The number of allylic oxidation sites excluding steroid dienone is 1. The fraction of sp³-hybridized carbons (Fsp3) is 0.429. The van der Waals surface area contributed by atoms with Crippen molar-refractivity contribution < 1.29 is 35.5 Å². The average molecular weight is 621 g/mol. The molecule has 0 saturated carbocycles. The molecule has 14 heteroatoms. The molecule has 1 aliphatic heterocycles. The van der Waals surface area contributed by atoms with Crippen molar-refractivity contribution in [2.75, 3.05) is 29.9 Å². The van der Waals surface area contributed by atoms with Crippen LogP contribution in [0.3, 0.4) is 0 Å². The van der Waals surface area contributed by atoms with Crippen molar-refractivity contribution in [2.45, 2.75) is 45.2 Å². The predicted molar refractivity (Wildman–Crippen MR) is 162 cm³/mol. The number of rotatable bonds is 13. The highest BCUT2D eigenvalue weighted by Gasteiger charge is 2.27. The summed E-state index contributed by atoms with van der Waals surface area (Å²) < 4.78 is 69.5. The van der Waals surface area contributed by atoms with Crippen molar-refractivity contribution in [2.24, 2.45) is 16.6 Å². The van der Waals surface area contributed by atoms with Gasteiger partial charge in [-0.2, -0.15) is 16.8 Å². The van der Waals surface area contributed by atoms with Gasteiger partial charge in [0, 0.05) is 29.9 Å². The Labute approximate surface area is 245 Å². The molecule has 42 heavy (non-hydrogen) atoms. The average Bonchev–Trinajstić information content (AvgIpc) is 2.89. The normalized spacial score (nSPS) is 17.4.